The van der Waals surface area contributed by atoms with Crippen LogP contribution in [-0.4, -0.2) is 11.1 Å². The molecule has 0 amide bonds. The van der Waals surface area contributed by atoms with E-state index in [-0.39, 0.29) is 0 Å². The molecule has 2 nitrogen and oxygen atoms in total. The van der Waals surface area contributed by atoms with Crippen molar-refractivity contribution in [3.05, 3.63) is 65.2 Å². The molecule has 94 valence electrons. The molecular formula is C15H8F2O2. The zero-order valence-electron chi connectivity index (χ0n) is 9.65. The fourth-order valence-corrected chi connectivity index (χ4v) is 2.40. The van der Waals surface area contributed by atoms with Crippen molar-refractivity contribution < 1.29 is 18.7 Å². The van der Waals surface area contributed by atoms with E-state index in [9.17, 15) is 13.6 Å². The van der Waals surface area contributed by atoms with Crippen molar-refractivity contribution in [2.24, 2.45) is 0 Å². The first-order valence-corrected chi connectivity index (χ1v) is 5.62. The SMILES string of the molecule is O=C(O)/C=C1\c2cc(F)ccc2-c2c(F)cccc21. The fourth-order valence-electron chi connectivity index (χ4n) is 2.40. The Kier molecular flexibility index (Phi) is 2.45. The first-order valence-electron chi connectivity index (χ1n) is 5.62. The lowest BCUT2D eigenvalue weighted by Crippen LogP contribution is -1.92. The maximum Gasteiger partial charge on any atom is 0.328 e. The van der Waals surface area contributed by atoms with Gasteiger partial charge in [-0.1, -0.05) is 18.2 Å². The molecule has 4 heteroatoms. The molecule has 2 aromatic rings. The maximum absolute atomic E-state index is 13.9. The van der Waals surface area contributed by atoms with E-state index in [1.165, 1.54) is 30.3 Å². The Hall–Kier alpha value is -2.49. The van der Waals surface area contributed by atoms with E-state index in [4.69, 9.17) is 5.11 Å². The summed E-state index contributed by atoms with van der Waals surface area (Å²) in [5.74, 6) is -2.08. The number of hydrogen-bond donors (Lipinski definition) is 1. The van der Waals surface area contributed by atoms with E-state index < -0.39 is 17.6 Å². The standard InChI is InChI=1S/C15H8F2O2/c16-8-4-5-10-11(6-8)12(7-14(18)19)9-2-1-3-13(17)15(9)10/h1-7H,(H,18,19)/b12-7-. The molecule has 0 saturated heterocycles. The van der Waals surface area contributed by atoms with Crippen LogP contribution in [0.1, 0.15) is 11.1 Å². The highest BCUT2D eigenvalue weighted by molar-refractivity contribution is 6.06. The van der Waals surface area contributed by atoms with Crippen molar-refractivity contribution in [3.8, 4) is 11.1 Å². The quantitative estimate of drug-likeness (QED) is 0.679. The molecule has 3 rings (SSSR count). The molecule has 0 heterocycles. The largest absolute Gasteiger partial charge is 0.478 e. The summed E-state index contributed by atoms with van der Waals surface area (Å²) >= 11 is 0. The summed E-state index contributed by atoms with van der Waals surface area (Å²) in [7, 11) is 0. The Morgan fingerprint density at radius 1 is 1.05 bits per heavy atom. The van der Waals surface area contributed by atoms with E-state index in [1.54, 1.807) is 6.07 Å². The summed E-state index contributed by atoms with van der Waals surface area (Å²) in [6, 6.07) is 8.37. The molecule has 1 aliphatic carbocycles. The van der Waals surface area contributed by atoms with Gasteiger partial charge < -0.3 is 5.11 Å². The summed E-state index contributed by atoms with van der Waals surface area (Å²) in [6.07, 6.45) is 0.976. The van der Waals surface area contributed by atoms with Crippen molar-refractivity contribution in [1.82, 2.24) is 0 Å². The van der Waals surface area contributed by atoms with Crippen molar-refractivity contribution in [2.75, 3.05) is 0 Å². The van der Waals surface area contributed by atoms with Crippen LogP contribution in [0.25, 0.3) is 16.7 Å². The highest BCUT2D eigenvalue weighted by atomic mass is 19.1. The zero-order valence-corrected chi connectivity index (χ0v) is 9.65. The molecule has 0 atom stereocenters. The number of halogens is 2. The summed E-state index contributed by atoms with van der Waals surface area (Å²) in [5.41, 5.74) is 2.05. The lowest BCUT2D eigenvalue weighted by molar-refractivity contribution is -0.131. The summed E-state index contributed by atoms with van der Waals surface area (Å²) in [5, 5.41) is 8.90. The molecule has 0 aromatic heterocycles. The highest BCUT2D eigenvalue weighted by Gasteiger charge is 2.27. The molecule has 19 heavy (non-hydrogen) atoms. The number of carboxylic acids is 1. The Labute approximate surface area is 107 Å². The Morgan fingerprint density at radius 2 is 1.84 bits per heavy atom. The number of fused-ring (bicyclic) bond motifs is 3. The highest BCUT2D eigenvalue weighted by Crippen LogP contribution is 2.45. The van der Waals surface area contributed by atoms with Gasteiger partial charge in [0.1, 0.15) is 11.6 Å². The van der Waals surface area contributed by atoms with Gasteiger partial charge in [0, 0.05) is 11.6 Å². The van der Waals surface area contributed by atoms with E-state index in [2.05, 4.69) is 0 Å². The second-order valence-corrected chi connectivity index (χ2v) is 4.25. The number of aliphatic carboxylic acids is 1. The predicted octanol–water partition coefficient (Wildman–Crippen LogP) is 3.46. The van der Waals surface area contributed by atoms with Gasteiger partial charge in [-0.05, 0) is 40.5 Å². The Bertz CT molecular complexity index is 733. The average Bonchev–Trinajstić information content (AvgIpc) is 2.64. The zero-order chi connectivity index (χ0) is 13.6. The molecule has 2 aromatic carbocycles. The third-order valence-electron chi connectivity index (χ3n) is 3.11. The molecule has 0 aliphatic heterocycles. The lowest BCUT2D eigenvalue weighted by atomic mass is 10.0. The van der Waals surface area contributed by atoms with Crippen molar-refractivity contribution >= 4 is 11.5 Å². The smallest absolute Gasteiger partial charge is 0.328 e. The van der Waals surface area contributed by atoms with Gasteiger partial charge in [0.25, 0.3) is 0 Å². The molecule has 0 bridgehead atoms. The van der Waals surface area contributed by atoms with E-state index in [1.807, 2.05) is 0 Å². The molecule has 0 saturated carbocycles. The number of rotatable bonds is 1. The molecular weight excluding hydrogens is 250 g/mol. The Balaban J connectivity index is 2.39. The molecule has 1 aliphatic rings. The van der Waals surface area contributed by atoms with Gasteiger partial charge in [-0.25, -0.2) is 13.6 Å². The maximum atomic E-state index is 13.9. The van der Waals surface area contributed by atoms with Gasteiger partial charge in [-0.2, -0.15) is 0 Å². The van der Waals surface area contributed by atoms with Crippen molar-refractivity contribution in [1.29, 1.82) is 0 Å². The van der Waals surface area contributed by atoms with Gasteiger partial charge in [-0.3, -0.25) is 0 Å². The monoisotopic (exact) mass is 258 g/mol. The van der Waals surface area contributed by atoms with Crippen LogP contribution in [0.5, 0.6) is 0 Å². The van der Waals surface area contributed by atoms with Gasteiger partial charge in [0.15, 0.2) is 0 Å². The number of hydrogen-bond acceptors (Lipinski definition) is 1. The first-order chi connectivity index (χ1) is 9.08. The van der Waals surface area contributed by atoms with E-state index in [0.29, 0.717) is 27.8 Å². The van der Waals surface area contributed by atoms with Crippen LogP contribution < -0.4 is 0 Å². The van der Waals surface area contributed by atoms with E-state index >= 15 is 0 Å². The molecule has 0 unspecified atom stereocenters. The van der Waals surface area contributed by atoms with Crippen LogP contribution in [0, 0.1) is 11.6 Å². The first kappa shape index (κ1) is 11.6. The average molecular weight is 258 g/mol. The minimum absolute atomic E-state index is 0.324. The molecule has 0 spiro atoms. The summed E-state index contributed by atoms with van der Waals surface area (Å²) in [4.78, 5) is 10.9. The van der Waals surface area contributed by atoms with Gasteiger partial charge in [0.05, 0.1) is 0 Å². The van der Waals surface area contributed by atoms with Crippen LogP contribution in [0.4, 0.5) is 8.78 Å². The van der Waals surface area contributed by atoms with Gasteiger partial charge >= 0.3 is 5.97 Å². The number of carboxylic acid groups (broad SMARTS) is 1. The fraction of sp³-hybridized carbons (Fsp3) is 0. The van der Waals surface area contributed by atoms with Crippen molar-refractivity contribution in [2.45, 2.75) is 0 Å². The van der Waals surface area contributed by atoms with Crippen LogP contribution in [0.2, 0.25) is 0 Å². The molecule has 0 radical (unpaired) electrons. The third kappa shape index (κ3) is 1.73. The second-order valence-electron chi connectivity index (χ2n) is 4.25. The minimum Gasteiger partial charge on any atom is -0.478 e. The number of carbonyl (C=O) groups is 1. The summed E-state index contributed by atoms with van der Waals surface area (Å²) < 4.78 is 27.2. The Morgan fingerprint density at radius 3 is 2.58 bits per heavy atom. The van der Waals surface area contributed by atoms with Crippen LogP contribution in [0.3, 0.4) is 0 Å². The molecule has 0 fully saturated rings. The van der Waals surface area contributed by atoms with Gasteiger partial charge in [-0.15, -0.1) is 0 Å². The normalized spacial score (nSPS) is 14.3. The predicted molar refractivity (Wildman–Crippen MR) is 66.5 cm³/mol. The topological polar surface area (TPSA) is 37.3 Å². The minimum atomic E-state index is -1.15. The lowest BCUT2D eigenvalue weighted by Gasteiger charge is -2.01. The summed E-state index contributed by atoms with van der Waals surface area (Å²) in [6.45, 7) is 0. The van der Waals surface area contributed by atoms with Gasteiger partial charge in [0.2, 0.25) is 0 Å². The third-order valence-corrected chi connectivity index (χ3v) is 3.11. The number of benzene rings is 2. The molecule has 1 N–H and O–H groups in total. The van der Waals surface area contributed by atoms with Crippen LogP contribution in [0.15, 0.2) is 42.5 Å². The second kappa shape index (κ2) is 4.02. The van der Waals surface area contributed by atoms with E-state index in [0.717, 1.165) is 6.08 Å². The van der Waals surface area contributed by atoms with Crippen LogP contribution in [-0.2, 0) is 4.79 Å². The van der Waals surface area contributed by atoms with Crippen molar-refractivity contribution in [3.63, 3.8) is 0 Å². The van der Waals surface area contributed by atoms with Crippen LogP contribution >= 0.6 is 0 Å².